The number of hydrogen-bond donors (Lipinski definition) is 2. The van der Waals surface area contributed by atoms with Gasteiger partial charge in [-0.3, -0.25) is 14.4 Å². The summed E-state index contributed by atoms with van der Waals surface area (Å²) in [5.41, 5.74) is 8.58. The van der Waals surface area contributed by atoms with Gasteiger partial charge in [0.05, 0.1) is 24.1 Å². The van der Waals surface area contributed by atoms with Gasteiger partial charge in [-0.15, -0.1) is 0 Å². The van der Waals surface area contributed by atoms with Gasteiger partial charge >= 0.3 is 0 Å². The molecule has 0 radical (unpaired) electrons. The van der Waals surface area contributed by atoms with E-state index in [0.29, 0.717) is 12.1 Å². The maximum Gasteiger partial charge on any atom is 0.250 e. The molecular weight excluding hydrogens is 306 g/mol. The number of nitrogens with one attached hydrogen (secondary N) is 1. The second-order valence-electron chi connectivity index (χ2n) is 5.73. The third kappa shape index (κ3) is 2.99. The summed E-state index contributed by atoms with van der Waals surface area (Å²) in [6, 6.07) is 12.1. The predicted molar refractivity (Wildman–Crippen MR) is 90.8 cm³/mol. The molecule has 3 amide bonds. The number of hydrogen-bond acceptors (Lipinski definition) is 3. The molecule has 0 fully saturated rings. The summed E-state index contributed by atoms with van der Waals surface area (Å²) >= 11 is 0. The molecule has 0 atom stereocenters. The lowest BCUT2D eigenvalue weighted by atomic mass is 10.1. The summed E-state index contributed by atoms with van der Waals surface area (Å²) in [7, 11) is 1.74. The topological polar surface area (TPSA) is 92.5 Å². The molecule has 0 spiro atoms. The van der Waals surface area contributed by atoms with E-state index < -0.39 is 5.91 Å². The number of nitrogens with zero attached hydrogens (tertiary/aromatic N) is 1. The van der Waals surface area contributed by atoms with Gasteiger partial charge < -0.3 is 16.0 Å². The van der Waals surface area contributed by atoms with E-state index >= 15 is 0 Å². The van der Waals surface area contributed by atoms with Crippen LogP contribution in [-0.4, -0.2) is 24.8 Å². The van der Waals surface area contributed by atoms with E-state index in [1.165, 1.54) is 0 Å². The molecule has 3 rings (SSSR count). The van der Waals surface area contributed by atoms with Gasteiger partial charge in [-0.05, 0) is 29.3 Å². The summed E-state index contributed by atoms with van der Waals surface area (Å²) in [5.74, 6) is -0.798. The first kappa shape index (κ1) is 15.7. The highest BCUT2D eigenvalue weighted by Crippen LogP contribution is 2.28. The molecule has 1 heterocycles. The molecule has 2 aromatic carbocycles. The van der Waals surface area contributed by atoms with Crippen LogP contribution in [0, 0.1) is 0 Å². The van der Waals surface area contributed by atoms with Crippen LogP contribution in [0.5, 0.6) is 0 Å². The van der Waals surface area contributed by atoms with Gasteiger partial charge in [-0.25, -0.2) is 0 Å². The molecule has 122 valence electrons. The van der Waals surface area contributed by atoms with Crippen molar-refractivity contribution in [3.05, 3.63) is 59.2 Å². The Morgan fingerprint density at radius 3 is 2.71 bits per heavy atom. The molecule has 0 aromatic heterocycles. The van der Waals surface area contributed by atoms with E-state index in [-0.39, 0.29) is 23.8 Å². The molecule has 6 nitrogen and oxygen atoms in total. The average Bonchev–Trinajstić information content (AvgIpc) is 2.81. The van der Waals surface area contributed by atoms with Crippen molar-refractivity contribution < 1.29 is 14.4 Å². The first-order chi connectivity index (χ1) is 11.5. The molecule has 2 aromatic rings. The molecule has 0 bridgehead atoms. The lowest BCUT2D eigenvalue weighted by molar-refractivity contribution is -0.117. The van der Waals surface area contributed by atoms with Crippen LogP contribution in [0.1, 0.15) is 21.5 Å². The molecular formula is C18H17N3O3. The van der Waals surface area contributed by atoms with E-state index in [9.17, 15) is 14.4 Å². The smallest absolute Gasteiger partial charge is 0.250 e. The number of fused-ring (bicyclic) bond motifs is 1. The Labute approximate surface area is 139 Å². The summed E-state index contributed by atoms with van der Waals surface area (Å²) in [5, 5.41) is 2.71. The Balaban J connectivity index is 1.74. The van der Waals surface area contributed by atoms with Crippen molar-refractivity contribution in [1.29, 1.82) is 0 Å². The average molecular weight is 323 g/mol. The zero-order valence-corrected chi connectivity index (χ0v) is 13.2. The first-order valence-electron chi connectivity index (χ1n) is 7.53. The van der Waals surface area contributed by atoms with Gasteiger partial charge in [0.2, 0.25) is 11.8 Å². The van der Waals surface area contributed by atoms with Crippen LogP contribution in [0.3, 0.4) is 0 Å². The number of rotatable bonds is 4. The Kier molecular flexibility index (Phi) is 4.04. The normalized spacial score (nSPS) is 12.9. The zero-order valence-electron chi connectivity index (χ0n) is 13.2. The van der Waals surface area contributed by atoms with Crippen molar-refractivity contribution in [1.82, 2.24) is 0 Å². The van der Waals surface area contributed by atoms with Gasteiger partial charge in [0.15, 0.2) is 0 Å². The van der Waals surface area contributed by atoms with Gasteiger partial charge in [0, 0.05) is 12.7 Å². The van der Waals surface area contributed by atoms with E-state index in [0.717, 1.165) is 16.8 Å². The van der Waals surface area contributed by atoms with Crippen molar-refractivity contribution in [2.24, 2.45) is 5.73 Å². The molecule has 6 heteroatoms. The number of likely N-dealkylation sites (N-methyl/N-ethyl adjacent to an activating group) is 1. The fourth-order valence-electron chi connectivity index (χ4n) is 2.82. The van der Waals surface area contributed by atoms with Crippen molar-refractivity contribution in [3.63, 3.8) is 0 Å². The minimum absolute atomic E-state index is 0.0435. The summed E-state index contributed by atoms with van der Waals surface area (Å²) in [4.78, 5) is 37.0. The Morgan fingerprint density at radius 1 is 1.21 bits per heavy atom. The Hall–Kier alpha value is -3.15. The maximum atomic E-state index is 12.2. The van der Waals surface area contributed by atoms with Gasteiger partial charge in [0.1, 0.15) is 0 Å². The monoisotopic (exact) mass is 323 g/mol. The number of primary amides is 1. The molecule has 0 aliphatic carbocycles. The second-order valence-corrected chi connectivity index (χ2v) is 5.73. The molecule has 3 N–H and O–H groups in total. The molecule has 1 aliphatic heterocycles. The summed E-state index contributed by atoms with van der Waals surface area (Å²) in [6.07, 6.45) is 0.504. The number of amides is 3. The highest BCUT2D eigenvalue weighted by Gasteiger charge is 2.24. The van der Waals surface area contributed by atoms with E-state index in [2.05, 4.69) is 5.32 Å². The molecule has 0 unspecified atom stereocenters. The van der Waals surface area contributed by atoms with Crippen LogP contribution >= 0.6 is 0 Å². The number of carbonyl (C=O) groups is 3. The maximum absolute atomic E-state index is 12.2. The Morgan fingerprint density at radius 2 is 1.96 bits per heavy atom. The highest BCUT2D eigenvalue weighted by atomic mass is 16.2. The van der Waals surface area contributed by atoms with Crippen LogP contribution in [0.25, 0.3) is 0 Å². The van der Waals surface area contributed by atoms with Crippen molar-refractivity contribution in [3.8, 4) is 0 Å². The number of para-hydroxylation sites is 1. The third-order valence-electron chi connectivity index (χ3n) is 4.05. The Bertz CT molecular complexity index is 845. The van der Waals surface area contributed by atoms with Gasteiger partial charge in [-0.1, -0.05) is 24.3 Å². The largest absolute Gasteiger partial charge is 0.366 e. The van der Waals surface area contributed by atoms with Crippen LogP contribution in [0.4, 0.5) is 11.4 Å². The SMILES string of the molecule is CN1C(=O)Cc2cc(CC(=O)Nc3ccccc3C(N)=O)ccc21. The van der Waals surface area contributed by atoms with Crippen LogP contribution in [-0.2, 0) is 22.4 Å². The number of anilines is 2. The molecule has 24 heavy (non-hydrogen) atoms. The fourth-order valence-corrected chi connectivity index (χ4v) is 2.82. The lowest BCUT2D eigenvalue weighted by Crippen LogP contribution is -2.20. The number of carbonyl (C=O) groups excluding carboxylic acids is 3. The molecule has 0 saturated heterocycles. The minimum Gasteiger partial charge on any atom is -0.366 e. The lowest BCUT2D eigenvalue weighted by Gasteiger charge is -2.11. The van der Waals surface area contributed by atoms with Crippen LogP contribution < -0.4 is 16.0 Å². The summed E-state index contributed by atoms with van der Waals surface area (Å²) < 4.78 is 0. The number of nitrogens with two attached hydrogens (primary N) is 1. The minimum atomic E-state index is -0.593. The predicted octanol–water partition coefficient (Wildman–Crippen LogP) is 1.49. The molecule has 0 saturated carbocycles. The summed E-state index contributed by atoms with van der Waals surface area (Å²) in [6.45, 7) is 0. The van der Waals surface area contributed by atoms with Crippen molar-refractivity contribution >= 4 is 29.1 Å². The molecule has 1 aliphatic rings. The second kappa shape index (κ2) is 6.16. The fraction of sp³-hybridized carbons (Fsp3) is 0.167. The quantitative estimate of drug-likeness (QED) is 0.892. The van der Waals surface area contributed by atoms with Crippen molar-refractivity contribution in [2.45, 2.75) is 12.8 Å². The standard InChI is InChI=1S/C18H17N3O3/c1-21-15-7-6-11(8-12(15)10-17(21)23)9-16(22)20-14-5-3-2-4-13(14)18(19)24/h2-8H,9-10H2,1H3,(H2,19,24)(H,20,22). The first-order valence-corrected chi connectivity index (χ1v) is 7.53. The van der Waals surface area contributed by atoms with E-state index in [1.54, 1.807) is 36.2 Å². The van der Waals surface area contributed by atoms with Crippen LogP contribution in [0.15, 0.2) is 42.5 Å². The highest BCUT2D eigenvalue weighted by molar-refractivity contribution is 6.04. The third-order valence-corrected chi connectivity index (χ3v) is 4.05. The van der Waals surface area contributed by atoms with Gasteiger partial charge in [0.25, 0.3) is 5.91 Å². The van der Waals surface area contributed by atoms with E-state index in [4.69, 9.17) is 5.73 Å². The van der Waals surface area contributed by atoms with Crippen molar-refractivity contribution in [2.75, 3.05) is 17.3 Å². The number of benzene rings is 2. The van der Waals surface area contributed by atoms with Crippen LogP contribution in [0.2, 0.25) is 0 Å². The van der Waals surface area contributed by atoms with Gasteiger partial charge in [-0.2, -0.15) is 0 Å². The zero-order chi connectivity index (χ0) is 17.3. The van der Waals surface area contributed by atoms with E-state index in [1.807, 2.05) is 18.2 Å².